The first kappa shape index (κ1) is 20.8. The van der Waals surface area contributed by atoms with E-state index in [9.17, 15) is 13.2 Å². The second kappa shape index (κ2) is 9.45. The molecule has 2 rings (SSSR count). The highest BCUT2D eigenvalue weighted by Gasteiger charge is 2.33. The van der Waals surface area contributed by atoms with Gasteiger partial charge in [0.25, 0.3) is 0 Å². The van der Waals surface area contributed by atoms with Crippen molar-refractivity contribution in [2.75, 3.05) is 20.7 Å². The molecule has 148 valence electrons. The molecule has 10 heteroatoms. The maximum Gasteiger partial charge on any atom is 0.434 e. The minimum atomic E-state index is -4.43. The minimum Gasteiger partial charge on any atom is -0.493 e. The number of nitrogens with zero attached hydrogens (tertiary/aromatic N) is 2. The molecule has 1 heterocycles. The van der Waals surface area contributed by atoms with Crippen molar-refractivity contribution in [3.05, 3.63) is 40.3 Å². The SMILES string of the molecule is CN=C(NCc1nc(C(F)(F)F)cs1)NCC(C)Oc1ccccc1OC. The second-order valence-electron chi connectivity index (χ2n) is 5.51. The second-order valence-corrected chi connectivity index (χ2v) is 6.45. The van der Waals surface area contributed by atoms with Crippen molar-refractivity contribution in [3.8, 4) is 11.5 Å². The molecule has 0 spiro atoms. The van der Waals surface area contributed by atoms with Gasteiger partial charge < -0.3 is 20.1 Å². The van der Waals surface area contributed by atoms with Crippen LogP contribution in [-0.4, -0.2) is 37.7 Å². The van der Waals surface area contributed by atoms with Crippen molar-refractivity contribution >= 4 is 17.3 Å². The first-order valence-electron chi connectivity index (χ1n) is 8.09. The van der Waals surface area contributed by atoms with Crippen molar-refractivity contribution < 1.29 is 22.6 Å². The van der Waals surface area contributed by atoms with E-state index in [1.54, 1.807) is 20.2 Å². The van der Waals surface area contributed by atoms with Gasteiger partial charge in [-0.05, 0) is 19.1 Å². The van der Waals surface area contributed by atoms with Crippen LogP contribution in [0.25, 0.3) is 0 Å². The zero-order chi connectivity index (χ0) is 19.9. The number of hydrogen-bond acceptors (Lipinski definition) is 5. The van der Waals surface area contributed by atoms with E-state index < -0.39 is 11.9 Å². The number of para-hydroxylation sites is 2. The summed E-state index contributed by atoms with van der Waals surface area (Å²) in [4.78, 5) is 7.61. The van der Waals surface area contributed by atoms with E-state index >= 15 is 0 Å². The monoisotopic (exact) mass is 402 g/mol. The Balaban J connectivity index is 1.82. The predicted molar refractivity (Wildman–Crippen MR) is 98.4 cm³/mol. The van der Waals surface area contributed by atoms with Crippen molar-refractivity contribution in [2.45, 2.75) is 25.7 Å². The number of aliphatic imine (C=N–C) groups is 1. The van der Waals surface area contributed by atoms with Crippen LogP contribution in [0.3, 0.4) is 0 Å². The van der Waals surface area contributed by atoms with E-state index in [-0.39, 0.29) is 12.6 Å². The van der Waals surface area contributed by atoms with Gasteiger partial charge in [0.2, 0.25) is 0 Å². The molecular formula is C17H21F3N4O2S. The van der Waals surface area contributed by atoms with E-state index in [0.717, 1.165) is 16.7 Å². The molecule has 0 aliphatic rings. The van der Waals surface area contributed by atoms with Crippen LogP contribution < -0.4 is 20.1 Å². The fourth-order valence-corrected chi connectivity index (χ4v) is 2.86. The quantitative estimate of drug-likeness (QED) is 0.550. The van der Waals surface area contributed by atoms with Gasteiger partial charge in [0, 0.05) is 12.4 Å². The molecule has 0 aliphatic carbocycles. The third kappa shape index (κ3) is 6.31. The maximum atomic E-state index is 12.6. The zero-order valence-electron chi connectivity index (χ0n) is 15.1. The van der Waals surface area contributed by atoms with Gasteiger partial charge in [-0.25, -0.2) is 4.98 Å². The Labute approximate surface area is 159 Å². The number of hydrogen-bond donors (Lipinski definition) is 2. The third-order valence-electron chi connectivity index (χ3n) is 3.43. The van der Waals surface area contributed by atoms with Crippen LogP contribution in [-0.2, 0) is 12.7 Å². The van der Waals surface area contributed by atoms with Crippen molar-refractivity contribution in [1.82, 2.24) is 15.6 Å². The van der Waals surface area contributed by atoms with Gasteiger partial charge in [-0.2, -0.15) is 13.2 Å². The largest absolute Gasteiger partial charge is 0.493 e. The summed E-state index contributed by atoms with van der Waals surface area (Å²) in [5.74, 6) is 1.70. The summed E-state index contributed by atoms with van der Waals surface area (Å²) in [6.45, 7) is 2.45. The lowest BCUT2D eigenvalue weighted by Gasteiger charge is -2.18. The van der Waals surface area contributed by atoms with Crippen molar-refractivity contribution in [3.63, 3.8) is 0 Å². The first-order valence-corrected chi connectivity index (χ1v) is 8.97. The van der Waals surface area contributed by atoms with Crippen LogP contribution >= 0.6 is 11.3 Å². The molecule has 0 saturated carbocycles. The molecule has 6 nitrogen and oxygen atoms in total. The Morgan fingerprint density at radius 1 is 1.26 bits per heavy atom. The normalized spacial score (nSPS) is 13.2. The molecular weight excluding hydrogens is 381 g/mol. The predicted octanol–water partition coefficient (Wildman–Crippen LogP) is 3.30. The summed E-state index contributed by atoms with van der Waals surface area (Å²) in [6, 6.07) is 7.31. The van der Waals surface area contributed by atoms with Crippen molar-refractivity contribution in [2.24, 2.45) is 4.99 Å². The van der Waals surface area contributed by atoms with E-state index in [4.69, 9.17) is 9.47 Å². The van der Waals surface area contributed by atoms with Crippen LogP contribution in [0.1, 0.15) is 17.6 Å². The molecule has 0 bridgehead atoms. The number of benzene rings is 1. The molecule has 1 aromatic carbocycles. The number of thiazole rings is 1. The molecule has 2 aromatic rings. The van der Waals surface area contributed by atoms with E-state index in [0.29, 0.717) is 29.0 Å². The van der Waals surface area contributed by atoms with Gasteiger partial charge >= 0.3 is 6.18 Å². The molecule has 1 unspecified atom stereocenters. The average molecular weight is 402 g/mol. The highest BCUT2D eigenvalue weighted by molar-refractivity contribution is 7.09. The Morgan fingerprint density at radius 2 is 1.96 bits per heavy atom. The molecule has 0 fully saturated rings. The van der Waals surface area contributed by atoms with Gasteiger partial charge in [0.1, 0.15) is 11.1 Å². The summed E-state index contributed by atoms with van der Waals surface area (Å²) in [5.41, 5.74) is -0.883. The number of nitrogens with one attached hydrogen (secondary N) is 2. The molecule has 0 radical (unpaired) electrons. The average Bonchev–Trinajstić information content (AvgIpc) is 3.12. The highest BCUT2D eigenvalue weighted by Crippen LogP contribution is 2.30. The summed E-state index contributed by atoms with van der Waals surface area (Å²) in [6.07, 6.45) is -4.63. The fraction of sp³-hybridized carbons (Fsp3) is 0.412. The van der Waals surface area contributed by atoms with Gasteiger partial charge in [-0.1, -0.05) is 12.1 Å². The summed E-state index contributed by atoms with van der Waals surface area (Å²) < 4.78 is 48.8. The Morgan fingerprint density at radius 3 is 2.56 bits per heavy atom. The number of alkyl halides is 3. The molecule has 27 heavy (non-hydrogen) atoms. The lowest BCUT2D eigenvalue weighted by molar-refractivity contribution is -0.140. The van der Waals surface area contributed by atoms with Gasteiger partial charge in [-0.3, -0.25) is 4.99 Å². The molecule has 0 saturated heterocycles. The Bertz CT molecular complexity index is 765. The van der Waals surface area contributed by atoms with Crippen LogP contribution in [0.15, 0.2) is 34.6 Å². The van der Waals surface area contributed by atoms with Gasteiger partial charge in [0.05, 0.1) is 20.2 Å². The number of ether oxygens (including phenoxy) is 2. The Kier molecular flexibility index (Phi) is 7.28. The summed E-state index contributed by atoms with van der Waals surface area (Å²) in [7, 11) is 3.14. The lowest BCUT2D eigenvalue weighted by atomic mass is 10.3. The van der Waals surface area contributed by atoms with Crippen LogP contribution in [0.4, 0.5) is 13.2 Å². The maximum absolute atomic E-state index is 12.6. The lowest BCUT2D eigenvalue weighted by Crippen LogP contribution is -2.41. The molecule has 1 atom stereocenters. The summed E-state index contributed by atoms with van der Waals surface area (Å²) in [5, 5.41) is 7.31. The van der Waals surface area contributed by atoms with E-state index in [1.807, 2.05) is 25.1 Å². The number of rotatable bonds is 7. The number of methoxy groups -OCH3 is 1. The van der Waals surface area contributed by atoms with Crippen LogP contribution in [0.5, 0.6) is 11.5 Å². The highest BCUT2D eigenvalue weighted by atomic mass is 32.1. The zero-order valence-corrected chi connectivity index (χ0v) is 15.9. The van der Waals surface area contributed by atoms with Crippen LogP contribution in [0, 0.1) is 0 Å². The number of guanidine groups is 1. The third-order valence-corrected chi connectivity index (χ3v) is 4.28. The van der Waals surface area contributed by atoms with E-state index in [1.165, 1.54) is 0 Å². The smallest absolute Gasteiger partial charge is 0.434 e. The minimum absolute atomic E-state index is 0.141. The van der Waals surface area contributed by atoms with Gasteiger partial charge in [0.15, 0.2) is 23.2 Å². The molecule has 1 aromatic heterocycles. The first-order chi connectivity index (χ1) is 12.8. The fourth-order valence-electron chi connectivity index (χ4n) is 2.12. The number of halogens is 3. The van der Waals surface area contributed by atoms with E-state index in [2.05, 4.69) is 20.6 Å². The molecule has 2 N–H and O–H groups in total. The standard InChI is InChI=1S/C17H21F3N4O2S/c1-11(26-13-7-5-4-6-12(13)25-3)8-22-16(21-2)23-9-15-24-14(10-27-15)17(18,19)20/h4-7,10-11H,8-9H2,1-3H3,(H2,21,22,23). The topological polar surface area (TPSA) is 67.8 Å². The van der Waals surface area contributed by atoms with Crippen LogP contribution in [0.2, 0.25) is 0 Å². The molecule has 0 amide bonds. The van der Waals surface area contributed by atoms with Crippen molar-refractivity contribution in [1.29, 1.82) is 0 Å². The summed E-state index contributed by atoms with van der Waals surface area (Å²) >= 11 is 0.944. The van der Waals surface area contributed by atoms with Gasteiger partial charge in [-0.15, -0.1) is 11.3 Å². The number of aromatic nitrogens is 1. The molecule has 0 aliphatic heterocycles. The Hall–Kier alpha value is -2.49.